The molecule has 70 valence electrons. The largest absolute Gasteiger partial charge is 0.351 e. The number of piperidine rings is 1. The number of nitrogens with one attached hydrogen (secondary N) is 2. The summed E-state index contributed by atoms with van der Waals surface area (Å²) in [6.45, 7) is 3.63. The van der Waals surface area contributed by atoms with Crippen molar-refractivity contribution in [2.75, 3.05) is 13.1 Å². The molecule has 0 aromatic heterocycles. The summed E-state index contributed by atoms with van der Waals surface area (Å²) in [5.74, 6) is -0.0521. The molecule has 1 saturated heterocycles. The van der Waals surface area contributed by atoms with Crippen LogP contribution in [0.4, 0.5) is 0 Å². The molecule has 1 amide bonds. The third-order valence-corrected chi connectivity index (χ3v) is 2.06. The summed E-state index contributed by atoms with van der Waals surface area (Å²) in [4.78, 5) is 11.1. The molecule has 4 N–H and O–H groups in total. The van der Waals surface area contributed by atoms with Gasteiger partial charge in [-0.1, -0.05) is 0 Å². The monoisotopic (exact) mass is 171 g/mol. The first-order valence-corrected chi connectivity index (χ1v) is 4.47. The summed E-state index contributed by atoms with van der Waals surface area (Å²) in [7, 11) is 0. The number of rotatable bonds is 2. The summed E-state index contributed by atoms with van der Waals surface area (Å²) in [5.41, 5.74) is 5.42. The third kappa shape index (κ3) is 2.79. The van der Waals surface area contributed by atoms with Gasteiger partial charge in [-0.15, -0.1) is 0 Å². The van der Waals surface area contributed by atoms with Crippen LogP contribution >= 0.6 is 0 Å². The van der Waals surface area contributed by atoms with Crippen LogP contribution in [0.15, 0.2) is 0 Å². The van der Waals surface area contributed by atoms with Gasteiger partial charge in [-0.2, -0.15) is 0 Å². The lowest BCUT2D eigenvalue weighted by molar-refractivity contribution is -0.122. The van der Waals surface area contributed by atoms with E-state index in [9.17, 15) is 4.79 Å². The van der Waals surface area contributed by atoms with Crippen molar-refractivity contribution in [3.05, 3.63) is 0 Å². The topological polar surface area (TPSA) is 67.2 Å². The summed E-state index contributed by atoms with van der Waals surface area (Å²) in [6.07, 6.45) is 2.19. The minimum atomic E-state index is -0.396. The first-order chi connectivity index (χ1) is 5.70. The van der Waals surface area contributed by atoms with E-state index in [4.69, 9.17) is 5.73 Å². The maximum absolute atomic E-state index is 11.1. The lowest BCUT2D eigenvalue weighted by Gasteiger charge is -2.24. The van der Waals surface area contributed by atoms with Gasteiger partial charge in [0, 0.05) is 12.6 Å². The predicted octanol–water partition coefficient (Wildman–Crippen LogP) is -0.798. The minimum Gasteiger partial charge on any atom is -0.351 e. The highest BCUT2D eigenvalue weighted by molar-refractivity contribution is 5.81. The fraction of sp³-hybridized carbons (Fsp3) is 0.875. The van der Waals surface area contributed by atoms with Gasteiger partial charge < -0.3 is 16.4 Å². The fourth-order valence-corrected chi connectivity index (χ4v) is 1.31. The Morgan fingerprint density at radius 1 is 1.75 bits per heavy atom. The van der Waals surface area contributed by atoms with Gasteiger partial charge in [0.25, 0.3) is 0 Å². The highest BCUT2D eigenvalue weighted by atomic mass is 16.2. The molecule has 0 radical (unpaired) electrons. The zero-order chi connectivity index (χ0) is 8.97. The first kappa shape index (κ1) is 9.48. The molecule has 1 unspecified atom stereocenters. The molecular weight excluding hydrogens is 154 g/mol. The maximum Gasteiger partial charge on any atom is 0.236 e. The van der Waals surface area contributed by atoms with Crippen molar-refractivity contribution in [2.45, 2.75) is 31.8 Å². The Labute approximate surface area is 72.9 Å². The highest BCUT2D eigenvalue weighted by Crippen LogP contribution is 2.00. The molecule has 2 atom stereocenters. The van der Waals surface area contributed by atoms with Crippen molar-refractivity contribution >= 4 is 5.91 Å². The molecule has 0 saturated carbocycles. The Morgan fingerprint density at radius 2 is 2.50 bits per heavy atom. The van der Waals surface area contributed by atoms with Crippen LogP contribution in [-0.2, 0) is 4.79 Å². The van der Waals surface area contributed by atoms with Crippen molar-refractivity contribution in [1.29, 1.82) is 0 Å². The van der Waals surface area contributed by atoms with Gasteiger partial charge in [0.15, 0.2) is 0 Å². The zero-order valence-corrected chi connectivity index (χ0v) is 7.47. The molecule has 1 heterocycles. The van der Waals surface area contributed by atoms with Crippen LogP contribution in [0.3, 0.4) is 0 Å². The number of hydrogen-bond acceptors (Lipinski definition) is 3. The number of amides is 1. The lowest BCUT2D eigenvalue weighted by atomic mass is 10.1. The second kappa shape index (κ2) is 4.42. The Kier molecular flexibility index (Phi) is 3.49. The number of hydrogen-bond donors (Lipinski definition) is 3. The maximum atomic E-state index is 11.1. The molecule has 1 aliphatic heterocycles. The van der Waals surface area contributed by atoms with E-state index in [1.54, 1.807) is 6.92 Å². The first-order valence-electron chi connectivity index (χ1n) is 4.47. The van der Waals surface area contributed by atoms with Crippen LogP contribution in [0.2, 0.25) is 0 Å². The van der Waals surface area contributed by atoms with E-state index in [0.717, 1.165) is 25.9 Å². The van der Waals surface area contributed by atoms with Crippen LogP contribution in [0, 0.1) is 0 Å². The van der Waals surface area contributed by atoms with E-state index in [1.807, 2.05) is 0 Å². The van der Waals surface area contributed by atoms with E-state index < -0.39 is 6.04 Å². The Bertz CT molecular complexity index is 152. The van der Waals surface area contributed by atoms with Crippen LogP contribution in [0.25, 0.3) is 0 Å². The Morgan fingerprint density at radius 3 is 3.00 bits per heavy atom. The molecule has 0 aliphatic carbocycles. The molecule has 0 spiro atoms. The summed E-state index contributed by atoms with van der Waals surface area (Å²) in [6, 6.07) is -0.121. The molecular formula is C8H17N3O. The van der Waals surface area contributed by atoms with Gasteiger partial charge >= 0.3 is 0 Å². The van der Waals surface area contributed by atoms with Gasteiger partial charge in [0.2, 0.25) is 5.91 Å². The summed E-state index contributed by atoms with van der Waals surface area (Å²) < 4.78 is 0. The molecule has 0 aromatic rings. The molecule has 1 rings (SSSR count). The van der Waals surface area contributed by atoms with Crippen molar-refractivity contribution < 1.29 is 4.79 Å². The van der Waals surface area contributed by atoms with Crippen LogP contribution < -0.4 is 16.4 Å². The Balaban J connectivity index is 2.24. The number of carbonyl (C=O) groups excluding carboxylic acids is 1. The van der Waals surface area contributed by atoms with Crippen molar-refractivity contribution in [1.82, 2.24) is 10.6 Å². The molecule has 1 fully saturated rings. The van der Waals surface area contributed by atoms with Gasteiger partial charge in [-0.3, -0.25) is 4.79 Å². The smallest absolute Gasteiger partial charge is 0.236 e. The number of nitrogens with two attached hydrogens (primary N) is 1. The standard InChI is InChI=1S/C8H17N3O/c1-6(9)8(12)11-7-3-2-4-10-5-7/h6-7,10H,2-5,9H2,1H3,(H,11,12)/t6-,7?/m1/s1. The van der Waals surface area contributed by atoms with E-state index in [2.05, 4.69) is 10.6 Å². The molecule has 0 bridgehead atoms. The molecule has 0 aromatic carbocycles. The average molecular weight is 171 g/mol. The molecule has 4 nitrogen and oxygen atoms in total. The molecule has 4 heteroatoms. The quantitative estimate of drug-likeness (QED) is 0.509. The van der Waals surface area contributed by atoms with Crippen LogP contribution in [0.5, 0.6) is 0 Å². The fourth-order valence-electron chi connectivity index (χ4n) is 1.31. The van der Waals surface area contributed by atoms with Crippen molar-refractivity contribution in [3.8, 4) is 0 Å². The van der Waals surface area contributed by atoms with Gasteiger partial charge in [0.05, 0.1) is 6.04 Å². The van der Waals surface area contributed by atoms with Crippen LogP contribution in [-0.4, -0.2) is 31.1 Å². The SMILES string of the molecule is C[C@@H](N)C(=O)NC1CCCNC1. The lowest BCUT2D eigenvalue weighted by Crippen LogP contribution is -2.49. The predicted molar refractivity (Wildman–Crippen MR) is 47.7 cm³/mol. The van der Waals surface area contributed by atoms with Gasteiger partial charge in [-0.05, 0) is 26.3 Å². The molecule has 1 aliphatic rings. The van der Waals surface area contributed by atoms with Gasteiger partial charge in [-0.25, -0.2) is 0 Å². The highest BCUT2D eigenvalue weighted by Gasteiger charge is 2.16. The third-order valence-electron chi connectivity index (χ3n) is 2.06. The average Bonchev–Trinajstić information content (AvgIpc) is 2.06. The van der Waals surface area contributed by atoms with E-state index in [-0.39, 0.29) is 11.9 Å². The zero-order valence-electron chi connectivity index (χ0n) is 7.47. The molecule has 12 heavy (non-hydrogen) atoms. The van der Waals surface area contributed by atoms with E-state index in [0.29, 0.717) is 0 Å². The van der Waals surface area contributed by atoms with Crippen LogP contribution in [0.1, 0.15) is 19.8 Å². The second-order valence-electron chi connectivity index (χ2n) is 3.34. The normalized spacial score (nSPS) is 26.3. The summed E-state index contributed by atoms with van der Waals surface area (Å²) in [5, 5.41) is 6.12. The minimum absolute atomic E-state index is 0.0521. The number of carbonyl (C=O) groups is 1. The van der Waals surface area contributed by atoms with Crippen molar-refractivity contribution in [3.63, 3.8) is 0 Å². The summed E-state index contributed by atoms with van der Waals surface area (Å²) >= 11 is 0. The van der Waals surface area contributed by atoms with E-state index >= 15 is 0 Å². The van der Waals surface area contributed by atoms with Gasteiger partial charge in [0.1, 0.15) is 0 Å². The van der Waals surface area contributed by atoms with E-state index in [1.165, 1.54) is 0 Å². The Hall–Kier alpha value is -0.610. The van der Waals surface area contributed by atoms with Crippen molar-refractivity contribution in [2.24, 2.45) is 5.73 Å². The second-order valence-corrected chi connectivity index (χ2v) is 3.34.